The molecule has 0 radical (unpaired) electrons. The van der Waals surface area contributed by atoms with E-state index in [0.717, 1.165) is 24.8 Å². The fourth-order valence-corrected chi connectivity index (χ4v) is 3.24. The molecule has 0 aliphatic heterocycles. The van der Waals surface area contributed by atoms with Crippen LogP contribution in [0.5, 0.6) is 5.75 Å². The van der Waals surface area contributed by atoms with Crippen molar-refractivity contribution in [2.24, 2.45) is 5.92 Å². The number of nitrogens with one attached hydrogen (secondary N) is 1. The molecule has 1 aromatic carbocycles. The molecule has 0 saturated heterocycles. The Morgan fingerprint density at radius 3 is 2.74 bits per heavy atom. The van der Waals surface area contributed by atoms with Gasteiger partial charge in [-0.1, -0.05) is 31.5 Å². The van der Waals surface area contributed by atoms with E-state index in [1.54, 1.807) is 7.11 Å². The Labute approximate surface area is 117 Å². The molecule has 1 fully saturated rings. The maximum atomic E-state index is 5.61. The van der Waals surface area contributed by atoms with Gasteiger partial charge < -0.3 is 10.1 Å². The third-order valence-corrected chi connectivity index (χ3v) is 4.73. The van der Waals surface area contributed by atoms with E-state index in [-0.39, 0.29) is 5.41 Å². The van der Waals surface area contributed by atoms with Gasteiger partial charge in [0, 0.05) is 17.5 Å². The minimum atomic E-state index is 0.270. The van der Waals surface area contributed by atoms with Gasteiger partial charge in [-0.2, -0.15) is 0 Å². The first-order valence-electron chi connectivity index (χ1n) is 7.50. The number of hydrogen-bond donors (Lipinski definition) is 1. The molecule has 0 aromatic heterocycles. The van der Waals surface area contributed by atoms with Crippen LogP contribution in [0, 0.1) is 12.8 Å². The standard InChI is InChI=1S/C17H27NO/c1-5-10-18-12-17(9-8-14(17)3)15-11-13(2)6-7-16(15)19-4/h6-7,11,14,18H,5,8-10,12H2,1-4H3. The van der Waals surface area contributed by atoms with E-state index < -0.39 is 0 Å². The zero-order valence-electron chi connectivity index (χ0n) is 12.8. The van der Waals surface area contributed by atoms with Crippen molar-refractivity contribution < 1.29 is 4.74 Å². The van der Waals surface area contributed by atoms with Crippen LogP contribution in [-0.2, 0) is 5.41 Å². The highest BCUT2D eigenvalue weighted by molar-refractivity contribution is 5.44. The van der Waals surface area contributed by atoms with E-state index in [2.05, 4.69) is 44.3 Å². The third kappa shape index (κ3) is 2.64. The van der Waals surface area contributed by atoms with E-state index in [0.29, 0.717) is 0 Å². The van der Waals surface area contributed by atoms with Crippen LogP contribution < -0.4 is 10.1 Å². The van der Waals surface area contributed by atoms with E-state index >= 15 is 0 Å². The summed E-state index contributed by atoms with van der Waals surface area (Å²) in [6.45, 7) is 8.93. The smallest absolute Gasteiger partial charge is 0.122 e. The predicted octanol–water partition coefficient (Wildman–Crippen LogP) is 3.67. The molecule has 0 bridgehead atoms. The van der Waals surface area contributed by atoms with Gasteiger partial charge >= 0.3 is 0 Å². The van der Waals surface area contributed by atoms with Crippen LogP contribution in [0.2, 0.25) is 0 Å². The number of ether oxygens (including phenoxy) is 1. The maximum Gasteiger partial charge on any atom is 0.122 e. The molecule has 0 heterocycles. The largest absolute Gasteiger partial charge is 0.496 e. The second-order valence-electron chi connectivity index (χ2n) is 5.98. The van der Waals surface area contributed by atoms with Gasteiger partial charge in [-0.05, 0) is 44.7 Å². The molecule has 2 unspecified atom stereocenters. The molecule has 2 heteroatoms. The molecular formula is C17H27NO. The van der Waals surface area contributed by atoms with Crippen LogP contribution in [0.3, 0.4) is 0 Å². The summed E-state index contributed by atoms with van der Waals surface area (Å²) in [7, 11) is 1.78. The molecule has 2 nitrogen and oxygen atoms in total. The lowest BCUT2D eigenvalue weighted by Gasteiger charge is -2.49. The fourth-order valence-electron chi connectivity index (χ4n) is 3.24. The molecule has 2 rings (SSSR count). The second-order valence-corrected chi connectivity index (χ2v) is 5.98. The Balaban J connectivity index is 2.31. The lowest BCUT2D eigenvalue weighted by molar-refractivity contribution is 0.130. The number of hydrogen-bond acceptors (Lipinski definition) is 2. The summed E-state index contributed by atoms with van der Waals surface area (Å²) < 4.78 is 5.61. The summed E-state index contributed by atoms with van der Waals surface area (Å²) in [4.78, 5) is 0. The van der Waals surface area contributed by atoms with Gasteiger partial charge in [-0.25, -0.2) is 0 Å². The number of benzene rings is 1. The molecule has 1 N–H and O–H groups in total. The second kappa shape index (κ2) is 5.96. The predicted molar refractivity (Wildman–Crippen MR) is 81.0 cm³/mol. The van der Waals surface area contributed by atoms with Crippen molar-refractivity contribution >= 4 is 0 Å². The summed E-state index contributed by atoms with van der Waals surface area (Å²) in [5.74, 6) is 1.78. The van der Waals surface area contributed by atoms with Crippen LogP contribution in [0.25, 0.3) is 0 Å². The zero-order valence-corrected chi connectivity index (χ0v) is 12.8. The average molecular weight is 261 g/mol. The molecule has 0 spiro atoms. The minimum absolute atomic E-state index is 0.270. The summed E-state index contributed by atoms with van der Waals surface area (Å²) in [6.07, 6.45) is 3.78. The Morgan fingerprint density at radius 2 is 2.21 bits per heavy atom. The average Bonchev–Trinajstić information content (AvgIpc) is 2.42. The number of aryl methyl sites for hydroxylation is 1. The van der Waals surface area contributed by atoms with Crippen LogP contribution in [0.15, 0.2) is 18.2 Å². The normalized spacial score (nSPS) is 26.0. The van der Waals surface area contributed by atoms with Gasteiger partial charge in [0.05, 0.1) is 7.11 Å². The summed E-state index contributed by atoms with van der Waals surface area (Å²) in [5, 5.41) is 3.62. The molecule has 0 amide bonds. The Hall–Kier alpha value is -1.02. The van der Waals surface area contributed by atoms with E-state index in [4.69, 9.17) is 4.74 Å². The van der Waals surface area contributed by atoms with E-state index in [9.17, 15) is 0 Å². The molecule has 1 aliphatic rings. The van der Waals surface area contributed by atoms with Crippen molar-refractivity contribution in [2.75, 3.05) is 20.2 Å². The van der Waals surface area contributed by atoms with Crippen molar-refractivity contribution in [3.8, 4) is 5.75 Å². The van der Waals surface area contributed by atoms with Crippen molar-refractivity contribution in [1.82, 2.24) is 5.32 Å². The maximum absolute atomic E-state index is 5.61. The summed E-state index contributed by atoms with van der Waals surface area (Å²) >= 11 is 0. The quantitative estimate of drug-likeness (QED) is 0.789. The van der Waals surface area contributed by atoms with Gasteiger partial charge in [0.2, 0.25) is 0 Å². The van der Waals surface area contributed by atoms with Crippen molar-refractivity contribution in [3.05, 3.63) is 29.3 Å². The van der Waals surface area contributed by atoms with E-state index in [1.807, 2.05) is 0 Å². The van der Waals surface area contributed by atoms with Crippen LogP contribution in [0.1, 0.15) is 44.2 Å². The minimum Gasteiger partial charge on any atom is -0.496 e. The third-order valence-electron chi connectivity index (χ3n) is 4.73. The van der Waals surface area contributed by atoms with Crippen molar-refractivity contribution in [1.29, 1.82) is 0 Å². The fraction of sp³-hybridized carbons (Fsp3) is 0.647. The van der Waals surface area contributed by atoms with Crippen molar-refractivity contribution in [2.45, 2.75) is 45.4 Å². The number of rotatable bonds is 6. The molecular weight excluding hydrogens is 234 g/mol. The van der Waals surface area contributed by atoms with Gasteiger partial charge in [0.25, 0.3) is 0 Å². The first-order chi connectivity index (χ1) is 9.14. The number of methoxy groups -OCH3 is 1. The molecule has 1 saturated carbocycles. The highest BCUT2D eigenvalue weighted by Crippen LogP contribution is 2.51. The molecule has 2 atom stereocenters. The first kappa shape index (κ1) is 14.4. The first-order valence-corrected chi connectivity index (χ1v) is 7.50. The highest BCUT2D eigenvalue weighted by atomic mass is 16.5. The highest BCUT2D eigenvalue weighted by Gasteiger charge is 2.46. The van der Waals surface area contributed by atoms with Gasteiger partial charge in [-0.3, -0.25) is 0 Å². The van der Waals surface area contributed by atoms with Gasteiger partial charge in [0.15, 0.2) is 0 Å². The SMILES string of the molecule is CCCNCC1(c2cc(C)ccc2OC)CCC1C. The Kier molecular flexibility index (Phi) is 4.51. The molecule has 106 valence electrons. The van der Waals surface area contributed by atoms with Gasteiger partial charge in [0.1, 0.15) is 5.75 Å². The van der Waals surface area contributed by atoms with E-state index in [1.165, 1.54) is 30.4 Å². The molecule has 1 aliphatic carbocycles. The Bertz CT molecular complexity index is 429. The summed E-state index contributed by atoms with van der Waals surface area (Å²) in [5.41, 5.74) is 2.99. The lowest BCUT2D eigenvalue weighted by atomic mass is 9.57. The van der Waals surface area contributed by atoms with Crippen LogP contribution >= 0.6 is 0 Å². The van der Waals surface area contributed by atoms with Crippen molar-refractivity contribution in [3.63, 3.8) is 0 Å². The summed E-state index contributed by atoms with van der Waals surface area (Å²) in [6, 6.07) is 6.58. The van der Waals surface area contributed by atoms with Crippen LogP contribution in [-0.4, -0.2) is 20.2 Å². The molecule has 19 heavy (non-hydrogen) atoms. The zero-order chi connectivity index (χ0) is 13.9. The topological polar surface area (TPSA) is 21.3 Å². The van der Waals surface area contributed by atoms with Gasteiger partial charge in [-0.15, -0.1) is 0 Å². The monoisotopic (exact) mass is 261 g/mol. The van der Waals surface area contributed by atoms with Crippen LogP contribution in [0.4, 0.5) is 0 Å². The Morgan fingerprint density at radius 1 is 1.42 bits per heavy atom. The molecule has 1 aromatic rings. The lowest BCUT2D eigenvalue weighted by Crippen LogP contribution is -2.50.